The number of benzene rings is 1. The molecular formula is C23H32O2. The Balaban J connectivity index is 1.48. The first-order chi connectivity index (χ1) is 12.1. The number of hydrogen-bond acceptors (Lipinski definition) is 1. The minimum Gasteiger partial charge on any atom is -0.481 e. The Kier molecular flexibility index (Phi) is 5.98. The van der Waals surface area contributed by atoms with Crippen molar-refractivity contribution in [2.24, 2.45) is 23.7 Å². The molecule has 1 N–H and O–H groups in total. The number of carboxylic acids is 1. The van der Waals surface area contributed by atoms with E-state index in [1.54, 1.807) is 6.08 Å². The highest BCUT2D eigenvalue weighted by molar-refractivity contribution is 5.72. The molecule has 2 nitrogen and oxygen atoms in total. The molecule has 2 aliphatic rings. The van der Waals surface area contributed by atoms with Crippen LogP contribution in [0, 0.1) is 30.6 Å². The van der Waals surface area contributed by atoms with Crippen LogP contribution < -0.4 is 0 Å². The molecule has 0 aromatic heterocycles. The summed E-state index contributed by atoms with van der Waals surface area (Å²) in [6, 6.07) is 9.10. The number of carboxylic acid groups (broad SMARTS) is 1. The second-order valence-corrected chi connectivity index (χ2v) is 8.30. The number of aliphatic carboxylic acids is 1. The molecule has 2 saturated carbocycles. The first-order valence-electron chi connectivity index (χ1n) is 10.0. The van der Waals surface area contributed by atoms with Crippen LogP contribution in [0.2, 0.25) is 0 Å². The molecule has 3 rings (SSSR count). The van der Waals surface area contributed by atoms with E-state index >= 15 is 0 Å². The van der Waals surface area contributed by atoms with Crippen LogP contribution >= 0.6 is 0 Å². The zero-order chi connectivity index (χ0) is 17.8. The van der Waals surface area contributed by atoms with Gasteiger partial charge in [0.2, 0.25) is 0 Å². The predicted molar refractivity (Wildman–Crippen MR) is 103 cm³/mol. The number of hydrogen-bond donors (Lipinski definition) is 1. The summed E-state index contributed by atoms with van der Waals surface area (Å²) >= 11 is 0. The zero-order valence-corrected chi connectivity index (χ0v) is 15.5. The van der Waals surface area contributed by atoms with Crippen LogP contribution in [-0.4, -0.2) is 11.1 Å². The van der Waals surface area contributed by atoms with Crippen molar-refractivity contribution < 1.29 is 9.90 Å². The largest absolute Gasteiger partial charge is 0.481 e. The lowest BCUT2D eigenvalue weighted by Gasteiger charge is -2.38. The standard InChI is InChI=1S/C23H32O2/c1-3-22(23(24)25)21-14-12-20(13-15-21)19-10-8-18(9-11-19)17-6-4-16(2)5-7-17/h3-7,18-22H,1,8-15H2,2H3,(H,24,25). The summed E-state index contributed by atoms with van der Waals surface area (Å²) in [5.74, 6) is 1.67. The van der Waals surface area contributed by atoms with Gasteiger partial charge in [0, 0.05) is 0 Å². The summed E-state index contributed by atoms with van der Waals surface area (Å²) in [4.78, 5) is 11.3. The maximum atomic E-state index is 11.3. The van der Waals surface area contributed by atoms with E-state index < -0.39 is 5.97 Å². The Morgan fingerprint density at radius 3 is 2.00 bits per heavy atom. The predicted octanol–water partition coefficient (Wildman–Crippen LogP) is 5.96. The lowest BCUT2D eigenvalue weighted by Crippen LogP contribution is -2.30. The van der Waals surface area contributed by atoms with Crippen LogP contribution in [0.25, 0.3) is 0 Å². The fourth-order valence-corrected chi connectivity index (χ4v) is 5.23. The van der Waals surface area contributed by atoms with E-state index in [9.17, 15) is 9.90 Å². The third-order valence-corrected chi connectivity index (χ3v) is 6.85. The van der Waals surface area contributed by atoms with Gasteiger partial charge in [-0.2, -0.15) is 0 Å². The van der Waals surface area contributed by atoms with Crippen LogP contribution in [0.3, 0.4) is 0 Å². The second-order valence-electron chi connectivity index (χ2n) is 8.30. The molecule has 0 amide bonds. The molecule has 2 heteroatoms. The van der Waals surface area contributed by atoms with Crippen molar-refractivity contribution in [3.8, 4) is 0 Å². The normalized spacial score (nSPS) is 31.2. The molecule has 0 bridgehead atoms. The Hall–Kier alpha value is -1.57. The Morgan fingerprint density at radius 2 is 1.52 bits per heavy atom. The molecule has 0 saturated heterocycles. The van der Waals surface area contributed by atoms with E-state index in [1.165, 1.54) is 49.7 Å². The van der Waals surface area contributed by atoms with E-state index in [0.29, 0.717) is 5.92 Å². The molecule has 0 radical (unpaired) electrons. The molecule has 25 heavy (non-hydrogen) atoms. The summed E-state index contributed by atoms with van der Waals surface area (Å²) in [6.45, 7) is 5.88. The molecule has 2 aliphatic carbocycles. The van der Waals surface area contributed by atoms with Gasteiger partial charge in [-0.3, -0.25) is 4.79 Å². The van der Waals surface area contributed by atoms with Crippen molar-refractivity contribution >= 4 is 5.97 Å². The van der Waals surface area contributed by atoms with Crippen LogP contribution in [0.4, 0.5) is 0 Å². The highest BCUT2D eigenvalue weighted by atomic mass is 16.4. The van der Waals surface area contributed by atoms with Crippen molar-refractivity contribution in [2.75, 3.05) is 0 Å². The first kappa shape index (κ1) is 18.2. The smallest absolute Gasteiger partial charge is 0.310 e. The van der Waals surface area contributed by atoms with Crippen molar-refractivity contribution in [3.63, 3.8) is 0 Å². The lowest BCUT2D eigenvalue weighted by atomic mass is 9.67. The van der Waals surface area contributed by atoms with Gasteiger partial charge in [0.25, 0.3) is 0 Å². The number of carbonyl (C=O) groups is 1. The molecule has 136 valence electrons. The van der Waals surface area contributed by atoms with E-state index in [0.717, 1.165) is 30.6 Å². The maximum Gasteiger partial charge on any atom is 0.310 e. The minimum atomic E-state index is -0.697. The average molecular weight is 341 g/mol. The van der Waals surface area contributed by atoms with Gasteiger partial charge < -0.3 is 5.11 Å². The third-order valence-electron chi connectivity index (χ3n) is 6.85. The molecule has 1 aromatic rings. The second kappa shape index (κ2) is 8.21. The summed E-state index contributed by atoms with van der Waals surface area (Å²) < 4.78 is 0. The molecule has 0 aliphatic heterocycles. The Bertz CT molecular complexity index is 573. The number of rotatable bonds is 5. The monoisotopic (exact) mass is 340 g/mol. The van der Waals surface area contributed by atoms with Gasteiger partial charge in [-0.15, -0.1) is 6.58 Å². The van der Waals surface area contributed by atoms with Crippen molar-refractivity contribution in [1.29, 1.82) is 0 Å². The Morgan fingerprint density at radius 1 is 1.00 bits per heavy atom. The van der Waals surface area contributed by atoms with Crippen LogP contribution in [0.5, 0.6) is 0 Å². The Labute approximate surface area is 152 Å². The topological polar surface area (TPSA) is 37.3 Å². The summed E-state index contributed by atoms with van der Waals surface area (Å²) in [6.07, 6.45) is 11.5. The summed E-state index contributed by atoms with van der Waals surface area (Å²) in [7, 11) is 0. The van der Waals surface area contributed by atoms with Crippen LogP contribution in [0.1, 0.15) is 68.4 Å². The quantitative estimate of drug-likeness (QED) is 0.671. The molecule has 2 fully saturated rings. The van der Waals surface area contributed by atoms with E-state index in [-0.39, 0.29) is 5.92 Å². The molecule has 1 unspecified atom stereocenters. The highest BCUT2D eigenvalue weighted by Gasteiger charge is 2.34. The van der Waals surface area contributed by atoms with Crippen molar-refractivity contribution in [2.45, 2.75) is 64.2 Å². The fourth-order valence-electron chi connectivity index (χ4n) is 5.23. The third kappa shape index (κ3) is 4.34. The van der Waals surface area contributed by atoms with Crippen molar-refractivity contribution in [3.05, 3.63) is 48.0 Å². The number of aryl methyl sites for hydroxylation is 1. The fraction of sp³-hybridized carbons (Fsp3) is 0.609. The van der Waals surface area contributed by atoms with Gasteiger partial charge in [0.05, 0.1) is 5.92 Å². The van der Waals surface area contributed by atoms with E-state index in [1.807, 2.05) is 0 Å². The van der Waals surface area contributed by atoms with Crippen molar-refractivity contribution in [1.82, 2.24) is 0 Å². The van der Waals surface area contributed by atoms with Gasteiger partial charge in [0.15, 0.2) is 0 Å². The molecule has 1 atom stereocenters. The summed E-state index contributed by atoms with van der Waals surface area (Å²) in [5.41, 5.74) is 2.86. The van der Waals surface area contributed by atoms with Gasteiger partial charge in [-0.1, -0.05) is 35.9 Å². The average Bonchev–Trinajstić information content (AvgIpc) is 2.63. The molecule has 1 aromatic carbocycles. The maximum absolute atomic E-state index is 11.3. The van der Waals surface area contributed by atoms with E-state index in [2.05, 4.69) is 37.8 Å². The lowest BCUT2D eigenvalue weighted by molar-refractivity contribution is -0.142. The van der Waals surface area contributed by atoms with Crippen LogP contribution in [0.15, 0.2) is 36.9 Å². The summed E-state index contributed by atoms with van der Waals surface area (Å²) in [5, 5.41) is 9.32. The van der Waals surface area contributed by atoms with Crippen LogP contribution in [-0.2, 0) is 4.79 Å². The first-order valence-corrected chi connectivity index (χ1v) is 10.0. The zero-order valence-electron chi connectivity index (χ0n) is 15.5. The molecule has 0 heterocycles. The molecular weight excluding hydrogens is 308 g/mol. The minimum absolute atomic E-state index is 0.301. The highest BCUT2D eigenvalue weighted by Crippen LogP contribution is 2.45. The van der Waals surface area contributed by atoms with E-state index in [4.69, 9.17) is 0 Å². The van der Waals surface area contributed by atoms with Gasteiger partial charge in [-0.25, -0.2) is 0 Å². The van der Waals surface area contributed by atoms with Gasteiger partial charge in [0.1, 0.15) is 0 Å². The van der Waals surface area contributed by atoms with Gasteiger partial charge in [-0.05, 0) is 87.5 Å². The SMILES string of the molecule is C=CC(C(=O)O)C1CCC(C2CCC(c3ccc(C)cc3)CC2)CC1. The van der Waals surface area contributed by atoms with Gasteiger partial charge >= 0.3 is 5.97 Å². The molecule has 0 spiro atoms.